The van der Waals surface area contributed by atoms with Gasteiger partial charge in [0.1, 0.15) is 19.0 Å². The second-order valence-electron chi connectivity index (χ2n) is 6.06. The lowest BCUT2D eigenvalue weighted by atomic mass is 10.2. The molecular weight excluding hydrogens is 356 g/mol. The molecule has 0 aliphatic carbocycles. The van der Waals surface area contributed by atoms with Crippen LogP contribution in [0.15, 0.2) is 72.8 Å². The van der Waals surface area contributed by atoms with Crippen LogP contribution in [0.2, 0.25) is 0 Å². The van der Waals surface area contributed by atoms with E-state index in [1.54, 1.807) is 25.3 Å². The number of esters is 1. The highest BCUT2D eigenvalue weighted by molar-refractivity contribution is 5.90. The van der Waals surface area contributed by atoms with Crippen molar-refractivity contribution in [3.05, 3.63) is 89.5 Å². The van der Waals surface area contributed by atoms with E-state index < -0.39 is 5.97 Å². The van der Waals surface area contributed by atoms with Crippen LogP contribution in [0.3, 0.4) is 0 Å². The van der Waals surface area contributed by atoms with Gasteiger partial charge >= 0.3 is 5.97 Å². The Labute approximate surface area is 164 Å². The molecule has 3 aromatic carbocycles. The van der Waals surface area contributed by atoms with Crippen molar-refractivity contribution in [2.45, 2.75) is 13.2 Å². The molecule has 0 bridgehead atoms. The minimum absolute atomic E-state index is 0.178. The molecule has 0 saturated carbocycles. The molecule has 0 N–H and O–H groups in total. The second kappa shape index (κ2) is 9.46. The van der Waals surface area contributed by atoms with Crippen LogP contribution in [0.1, 0.15) is 21.5 Å². The molecule has 0 unspecified atom stereocenters. The van der Waals surface area contributed by atoms with Crippen molar-refractivity contribution < 1.29 is 23.7 Å². The highest BCUT2D eigenvalue weighted by atomic mass is 16.5. The molecule has 0 atom stereocenters. The maximum atomic E-state index is 12.4. The fraction of sp³-hybridized carbons (Fsp3) is 0.174. The van der Waals surface area contributed by atoms with Crippen LogP contribution < -0.4 is 14.2 Å². The van der Waals surface area contributed by atoms with E-state index in [0.29, 0.717) is 23.7 Å². The number of carbonyl (C=O) groups is 1. The molecule has 0 amide bonds. The lowest BCUT2D eigenvalue weighted by Gasteiger charge is -2.12. The first kappa shape index (κ1) is 19.3. The molecule has 0 spiro atoms. The van der Waals surface area contributed by atoms with Gasteiger partial charge in [-0.05, 0) is 41.5 Å². The molecular formula is C23H22O5. The number of carbonyl (C=O) groups excluding carboxylic acids is 1. The first-order chi connectivity index (χ1) is 13.7. The van der Waals surface area contributed by atoms with Crippen LogP contribution in [-0.4, -0.2) is 20.2 Å². The van der Waals surface area contributed by atoms with Crippen LogP contribution in [0.25, 0.3) is 0 Å². The molecule has 0 radical (unpaired) electrons. The Morgan fingerprint density at radius 2 is 1.46 bits per heavy atom. The molecule has 0 aliphatic rings. The third-order valence-electron chi connectivity index (χ3n) is 4.17. The molecule has 3 aromatic rings. The molecule has 144 valence electrons. The fourth-order valence-electron chi connectivity index (χ4n) is 2.60. The summed E-state index contributed by atoms with van der Waals surface area (Å²) in [5.41, 5.74) is 2.33. The molecule has 5 nitrogen and oxygen atoms in total. The van der Waals surface area contributed by atoms with E-state index in [1.165, 1.54) is 7.11 Å². The summed E-state index contributed by atoms with van der Waals surface area (Å²) in [5.74, 6) is 1.38. The molecule has 0 fully saturated rings. The Morgan fingerprint density at radius 3 is 2.14 bits per heavy atom. The van der Waals surface area contributed by atoms with Gasteiger partial charge in [-0.3, -0.25) is 0 Å². The highest BCUT2D eigenvalue weighted by Gasteiger charge is 2.13. The largest absolute Gasteiger partial charge is 0.497 e. The Balaban J connectivity index is 1.62. The van der Waals surface area contributed by atoms with Crippen molar-refractivity contribution in [3.8, 4) is 17.2 Å². The third kappa shape index (κ3) is 5.04. The maximum absolute atomic E-state index is 12.4. The molecule has 3 rings (SSSR count). The number of hydrogen-bond acceptors (Lipinski definition) is 5. The average molecular weight is 378 g/mol. The monoisotopic (exact) mass is 378 g/mol. The quantitative estimate of drug-likeness (QED) is 0.535. The standard InChI is InChI=1S/C23H22O5/c1-25-20-11-8-18(9-12-20)16-28-23(24)19-10-13-21(22(14-19)26-2)27-15-17-6-4-3-5-7-17/h3-14H,15-16H2,1-2H3. The summed E-state index contributed by atoms with van der Waals surface area (Å²) in [6, 6.07) is 22.2. The average Bonchev–Trinajstić information content (AvgIpc) is 2.77. The number of methoxy groups -OCH3 is 2. The van der Waals surface area contributed by atoms with Gasteiger partial charge in [-0.1, -0.05) is 42.5 Å². The van der Waals surface area contributed by atoms with E-state index in [9.17, 15) is 4.79 Å². The van der Waals surface area contributed by atoms with Crippen molar-refractivity contribution in [1.82, 2.24) is 0 Å². The van der Waals surface area contributed by atoms with Gasteiger partial charge in [0, 0.05) is 0 Å². The van der Waals surface area contributed by atoms with Crippen LogP contribution in [0.4, 0.5) is 0 Å². The van der Waals surface area contributed by atoms with E-state index in [1.807, 2.05) is 54.6 Å². The van der Waals surface area contributed by atoms with Crippen LogP contribution in [0.5, 0.6) is 17.2 Å². The van der Waals surface area contributed by atoms with Crippen molar-refractivity contribution in [2.24, 2.45) is 0 Å². The number of rotatable bonds is 8. The molecule has 0 aliphatic heterocycles. The van der Waals surface area contributed by atoms with Gasteiger partial charge in [-0.15, -0.1) is 0 Å². The lowest BCUT2D eigenvalue weighted by molar-refractivity contribution is 0.0472. The molecule has 0 aromatic heterocycles. The topological polar surface area (TPSA) is 54.0 Å². The Morgan fingerprint density at radius 1 is 0.750 bits per heavy atom. The zero-order valence-electron chi connectivity index (χ0n) is 15.9. The number of hydrogen-bond donors (Lipinski definition) is 0. The zero-order valence-corrected chi connectivity index (χ0v) is 15.9. The zero-order chi connectivity index (χ0) is 19.8. The summed E-state index contributed by atoms with van der Waals surface area (Å²) in [6.07, 6.45) is 0. The van der Waals surface area contributed by atoms with Gasteiger partial charge in [0.15, 0.2) is 11.5 Å². The van der Waals surface area contributed by atoms with Crippen LogP contribution >= 0.6 is 0 Å². The predicted octanol–water partition coefficient (Wildman–Crippen LogP) is 4.64. The molecule has 5 heteroatoms. The molecule has 0 heterocycles. The summed E-state index contributed by atoms with van der Waals surface area (Å²) in [5, 5.41) is 0. The van der Waals surface area contributed by atoms with Gasteiger partial charge in [-0.25, -0.2) is 4.79 Å². The SMILES string of the molecule is COc1ccc(COC(=O)c2ccc(OCc3ccccc3)c(OC)c2)cc1. The summed E-state index contributed by atoms with van der Waals surface area (Å²) >= 11 is 0. The summed E-state index contributed by atoms with van der Waals surface area (Å²) < 4.78 is 21.7. The van der Waals surface area contributed by atoms with Gasteiger partial charge in [0.25, 0.3) is 0 Å². The Hall–Kier alpha value is -3.47. The Bertz CT molecular complexity index is 904. The maximum Gasteiger partial charge on any atom is 0.338 e. The van der Waals surface area contributed by atoms with E-state index in [0.717, 1.165) is 16.9 Å². The summed E-state index contributed by atoms with van der Waals surface area (Å²) in [7, 11) is 3.15. The highest BCUT2D eigenvalue weighted by Crippen LogP contribution is 2.29. The van der Waals surface area contributed by atoms with Crippen molar-refractivity contribution in [1.29, 1.82) is 0 Å². The molecule has 28 heavy (non-hydrogen) atoms. The first-order valence-electron chi connectivity index (χ1n) is 8.84. The first-order valence-corrected chi connectivity index (χ1v) is 8.84. The van der Waals surface area contributed by atoms with Gasteiger partial charge in [0.2, 0.25) is 0 Å². The second-order valence-corrected chi connectivity index (χ2v) is 6.06. The smallest absolute Gasteiger partial charge is 0.338 e. The summed E-state index contributed by atoms with van der Waals surface area (Å²) in [6.45, 7) is 0.593. The van der Waals surface area contributed by atoms with Crippen molar-refractivity contribution in [2.75, 3.05) is 14.2 Å². The van der Waals surface area contributed by atoms with E-state index >= 15 is 0 Å². The van der Waals surface area contributed by atoms with E-state index in [2.05, 4.69) is 0 Å². The lowest BCUT2D eigenvalue weighted by Crippen LogP contribution is -2.06. The van der Waals surface area contributed by atoms with Crippen molar-refractivity contribution >= 4 is 5.97 Å². The number of ether oxygens (including phenoxy) is 4. The minimum atomic E-state index is -0.427. The van der Waals surface area contributed by atoms with Gasteiger partial charge < -0.3 is 18.9 Å². The van der Waals surface area contributed by atoms with E-state index in [4.69, 9.17) is 18.9 Å². The van der Waals surface area contributed by atoms with E-state index in [-0.39, 0.29) is 6.61 Å². The normalized spacial score (nSPS) is 10.2. The van der Waals surface area contributed by atoms with Crippen LogP contribution in [-0.2, 0) is 18.0 Å². The van der Waals surface area contributed by atoms with Crippen molar-refractivity contribution in [3.63, 3.8) is 0 Å². The Kier molecular flexibility index (Phi) is 6.52. The van der Waals surface area contributed by atoms with Gasteiger partial charge in [0.05, 0.1) is 19.8 Å². The number of benzene rings is 3. The predicted molar refractivity (Wildman–Crippen MR) is 106 cm³/mol. The fourth-order valence-corrected chi connectivity index (χ4v) is 2.60. The third-order valence-corrected chi connectivity index (χ3v) is 4.17. The summed E-state index contributed by atoms with van der Waals surface area (Å²) in [4.78, 5) is 12.4. The van der Waals surface area contributed by atoms with Gasteiger partial charge in [-0.2, -0.15) is 0 Å². The van der Waals surface area contributed by atoms with Crippen LogP contribution in [0, 0.1) is 0 Å². The molecule has 0 saturated heterocycles. The minimum Gasteiger partial charge on any atom is -0.497 e.